The van der Waals surface area contributed by atoms with Crippen LogP contribution in [0.1, 0.15) is 33.1 Å². The molecule has 2 aliphatic heterocycles. The molecule has 21 heavy (non-hydrogen) atoms. The van der Waals surface area contributed by atoms with Gasteiger partial charge < -0.3 is 20.0 Å². The summed E-state index contributed by atoms with van der Waals surface area (Å²) in [6.07, 6.45) is 6.84. The van der Waals surface area contributed by atoms with Crippen molar-refractivity contribution in [3.63, 3.8) is 0 Å². The molecule has 0 radical (unpaired) electrons. The van der Waals surface area contributed by atoms with E-state index in [1.54, 1.807) is 13.1 Å². The van der Waals surface area contributed by atoms with Crippen LogP contribution in [0.15, 0.2) is 43.0 Å². The summed E-state index contributed by atoms with van der Waals surface area (Å²) in [4.78, 5) is 5.29. The Morgan fingerprint density at radius 2 is 1.95 bits per heavy atom. The van der Waals surface area contributed by atoms with Crippen molar-refractivity contribution >= 4 is 11.4 Å². The maximum absolute atomic E-state index is 8.04. The van der Waals surface area contributed by atoms with Crippen molar-refractivity contribution in [2.45, 2.75) is 40.0 Å². The van der Waals surface area contributed by atoms with Gasteiger partial charge in [0.25, 0.3) is 0 Å². The Hall–Kier alpha value is -2.10. The molecule has 0 spiro atoms. The first-order valence-electron chi connectivity index (χ1n) is 9.61. The Morgan fingerprint density at radius 3 is 2.62 bits per heavy atom. The van der Waals surface area contributed by atoms with E-state index in [0.717, 1.165) is 16.9 Å². The molecule has 1 aromatic carbocycles. The molecule has 4 nitrogen and oxygen atoms in total. The van der Waals surface area contributed by atoms with Crippen molar-refractivity contribution in [3.05, 3.63) is 48.6 Å². The molecule has 0 saturated heterocycles. The zero-order valence-corrected chi connectivity index (χ0v) is 12.5. The van der Waals surface area contributed by atoms with E-state index in [1.807, 2.05) is 42.4 Å². The van der Waals surface area contributed by atoms with E-state index >= 15 is 0 Å². The van der Waals surface area contributed by atoms with Gasteiger partial charge in [0.05, 0.1) is 6.17 Å². The molecule has 1 aromatic rings. The number of hydrogen-bond donors (Lipinski definition) is 1. The van der Waals surface area contributed by atoms with Crippen molar-refractivity contribution in [1.82, 2.24) is 10.2 Å². The average molecular weight is 289 g/mol. The van der Waals surface area contributed by atoms with Gasteiger partial charge in [0.2, 0.25) is 0 Å². The first-order chi connectivity index (χ1) is 12.1. The Morgan fingerprint density at radius 1 is 1.19 bits per heavy atom. The lowest BCUT2D eigenvalue weighted by Gasteiger charge is -2.32. The van der Waals surface area contributed by atoms with E-state index in [-0.39, 0.29) is 6.17 Å². The smallest absolute Gasteiger partial charge is 0.102 e. The highest BCUT2D eigenvalue weighted by molar-refractivity contribution is 5.70. The van der Waals surface area contributed by atoms with Gasteiger partial charge in [-0.25, -0.2) is 0 Å². The van der Waals surface area contributed by atoms with Crippen LogP contribution in [-0.4, -0.2) is 23.7 Å². The predicted molar refractivity (Wildman–Crippen MR) is 88.9 cm³/mol. The van der Waals surface area contributed by atoms with E-state index in [4.69, 9.17) is 6.85 Å². The number of anilines is 2. The minimum Gasteiger partial charge on any atom is -0.370 e. The Bertz CT molecular complexity index is 743. The van der Waals surface area contributed by atoms with Crippen LogP contribution in [0.3, 0.4) is 0 Å². The van der Waals surface area contributed by atoms with Crippen LogP contribution in [0.2, 0.25) is 0 Å². The van der Waals surface area contributed by atoms with Crippen molar-refractivity contribution in [3.8, 4) is 0 Å². The summed E-state index contributed by atoms with van der Waals surface area (Å²) >= 11 is 0. The van der Waals surface area contributed by atoms with E-state index in [0.29, 0.717) is 0 Å². The van der Waals surface area contributed by atoms with E-state index in [2.05, 4.69) is 17.1 Å². The highest BCUT2D eigenvalue weighted by Crippen LogP contribution is 2.34. The molecule has 0 fully saturated rings. The third kappa shape index (κ3) is 2.24. The molecular formula is C17H24N4. The number of benzene rings is 1. The van der Waals surface area contributed by atoms with Crippen LogP contribution < -0.4 is 15.1 Å². The normalized spacial score (nSPS) is 28.9. The molecule has 0 aliphatic carbocycles. The fraction of sp³-hybridized carbons (Fsp3) is 0.412. The molecule has 4 heteroatoms. The van der Waals surface area contributed by atoms with Crippen molar-refractivity contribution in [2.24, 2.45) is 0 Å². The molecular weight excluding hydrogens is 260 g/mol. The topological polar surface area (TPSA) is 21.8 Å². The molecule has 2 heterocycles. The first kappa shape index (κ1) is 9.03. The molecule has 0 bridgehead atoms. The Balaban J connectivity index is 1.92. The van der Waals surface area contributed by atoms with Crippen molar-refractivity contribution < 1.29 is 6.85 Å². The van der Waals surface area contributed by atoms with E-state index in [1.165, 1.54) is 11.1 Å². The van der Waals surface area contributed by atoms with Gasteiger partial charge in [-0.15, -0.1) is 0 Å². The fourth-order valence-corrected chi connectivity index (χ4v) is 2.87. The van der Waals surface area contributed by atoms with E-state index < -0.39 is 19.5 Å². The lowest BCUT2D eigenvalue weighted by molar-refractivity contribution is 0.335. The lowest BCUT2D eigenvalue weighted by Crippen LogP contribution is -2.36. The van der Waals surface area contributed by atoms with E-state index in [9.17, 15) is 0 Å². The highest BCUT2D eigenvalue weighted by atomic mass is 15.4. The Kier molecular flexibility index (Phi) is 2.30. The number of hydrogen-bond acceptors (Lipinski definition) is 4. The SMILES string of the molecule is [2H]C([2H])([2H])C([2H])([2H])N1C=CN(c2cccc(N3C=CN[C@@H]3C)c2C)[C@@H]1C. The summed E-state index contributed by atoms with van der Waals surface area (Å²) in [5.74, 6) is 0. The van der Waals surface area contributed by atoms with Gasteiger partial charge in [-0.05, 0) is 45.3 Å². The molecule has 0 amide bonds. The highest BCUT2D eigenvalue weighted by Gasteiger charge is 2.25. The summed E-state index contributed by atoms with van der Waals surface area (Å²) in [6.45, 7) is 0.705. The molecule has 2 atom stereocenters. The third-order valence-electron chi connectivity index (χ3n) is 4.14. The standard InChI is InChI=1S/C17H24N4/c1-5-19-11-12-21(15(19)4)17-8-6-7-16(13(17)2)20-10-9-18-14(20)3/h6-12,14-15,18H,5H2,1-4H3/t14-,15+/m0/s1/i1D3,5D2. The largest absolute Gasteiger partial charge is 0.370 e. The summed E-state index contributed by atoms with van der Waals surface area (Å²) < 4.78 is 38.6. The van der Waals surface area contributed by atoms with Crippen LogP contribution in [0.5, 0.6) is 0 Å². The van der Waals surface area contributed by atoms with Gasteiger partial charge in [0, 0.05) is 49.5 Å². The second-order valence-corrected chi connectivity index (χ2v) is 5.34. The molecule has 3 rings (SSSR count). The van der Waals surface area contributed by atoms with Crippen LogP contribution >= 0.6 is 0 Å². The van der Waals surface area contributed by atoms with Gasteiger partial charge in [-0.3, -0.25) is 0 Å². The molecule has 2 aliphatic rings. The third-order valence-corrected chi connectivity index (χ3v) is 4.14. The molecule has 1 N–H and O–H groups in total. The Labute approximate surface area is 134 Å². The predicted octanol–water partition coefficient (Wildman–Crippen LogP) is 3.18. The van der Waals surface area contributed by atoms with Gasteiger partial charge in [-0.2, -0.15) is 0 Å². The van der Waals surface area contributed by atoms with Gasteiger partial charge in [0.15, 0.2) is 0 Å². The molecule has 0 saturated carbocycles. The van der Waals surface area contributed by atoms with Gasteiger partial charge in [0.1, 0.15) is 6.17 Å². The average Bonchev–Trinajstić information content (AvgIpc) is 3.13. The lowest BCUT2D eigenvalue weighted by atomic mass is 10.1. The number of rotatable bonds is 3. The van der Waals surface area contributed by atoms with Crippen molar-refractivity contribution in [2.75, 3.05) is 16.3 Å². The van der Waals surface area contributed by atoms with Gasteiger partial charge >= 0.3 is 0 Å². The maximum Gasteiger partial charge on any atom is 0.102 e. The second-order valence-electron chi connectivity index (χ2n) is 5.34. The fourth-order valence-electron chi connectivity index (χ4n) is 2.87. The van der Waals surface area contributed by atoms with Crippen LogP contribution in [0, 0.1) is 6.92 Å². The minimum absolute atomic E-state index is 0.150. The summed E-state index contributed by atoms with van der Waals surface area (Å²) in [5.41, 5.74) is 3.01. The van der Waals surface area contributed by atoms with Crippen LogP contribution in [0.4, 0.5) is 11.4 Å². The molecule has 0 aromatic heterocycles. The van der Waals surface area contributed by atoms with Gasteiger partial charge in [-0.1, -0.05) is 6.07 Å². The zero-order chi connectivity index (χ0) is 19.3. The number of nitrogens with zero attached hydrogens (tertiary/aromatic N) is 3. The maximum atomic E-state index is 8.04. The van der Waals surface area contributed by atoms with Crippen molar-refractivity contribution in [1.29, 1.82) is 0 Å². The monoisotopic (exact) mass is 289 g/mol. The minimum atomic E-state index is -2.74. The van der Waals surface area contributed by atoms with Crippen LogP contribution in [0.25, 0.3) is 0 Å². The first-order valence-corrected chi connectivity index (χ1v) is 7.11. The molecule has 0 unspecified atom stereocenters. The summed E-state index contributed by atoms with van der Waals surface area (Å²) in [7, 11) is 0. The quantitative estimate of drug-likeness (QED) is 0.922. The number of nitrogens with one attached hydrogen (secondary N) is 1. The second kappa shape index (κ2) is 5.35. The molecule has 112 valence electrons. The summed E-state index contributed by atoms with van der Waals surface area (Å²) in [5, 5.41) is 3.23. The zero-order valence-electron chi connectivity index (χ0n) is 17.5. The van der Waals surface area contributed by atoms with Crippen LogP contribution in [-0.2, 0) is 0 Å². The summed E-state index contributed by atoms with van der Waals surface area (Å²) in [6, 6.07) is 5.96.